The first-order valence-corrected chi connectivity index (χ1v) is 9.33. The summed E-state index contributed by atoms with van der Waals surface area (Å²) < 4.78 is 0. The Morgan fingerprint density at radius 3 is 1.35 bits per heavy atom. The summed E-state index contributed by atoms with van der Waals surface area (Å²) in [7, 11) is 0. The average molecular weight is 340 g/mol. The Bertz CT molecular complexity index is 1000. The fourth-order valence-corrected chi connectivity index (χ4v) is 3.29. The van der Waals surface area contributed by atoms with Crippen LogP contribution in [0.3, 0.4) is 0 Å². The Morgan fingerprint density at radius 1 is 0.538 bits per heavy atom. The summed E-state index contributed by atoms with van der Waals surface area (Å²) in [5, 5.41) is 2.37. The molecule has 0 N–H and O–H groups in total. The number of benzene rings is 2. The molecule has 130 valence electrons. The fraction of sp³-hybridized carbons (Fsp3) is 0.250. The lowest BCUT2D eigenvalue weighted by Crippen LogP contribution is -1.92. The Morgan fingerprint density at radius 2 is 0.962 bits per heavy atom. The molecule has 0 atom stereocenters. The van der Waals surface area contributed by atoms with Crippen LogP contribution >= 0.6 is 0 Å². The lowest BCUT2D eigenvalue weighted by Gasteiger charge is -2.09. The van der Waals surface area contributed by atoms with E-state index in [4.69, 9.17) is 9.97 Å². The van der Waals surface area contributed by atoms with Gasteiger partial charge in [-0.25, -0.2) is 9.97 Å². The minimum absolute atomic E-state index is 0.525. The van der Waals surface area contributed by atoms with Crippen molar-refractivity contribution in [3.63, 3.8) is 0 Å². The van der Waals surface area contributed by atoms with E-state index in [2.05, 4.69) is 88.4 Å². The quantitative estimate of drug-likeness (QED) is 0.415. The van der Waals surface area contributed by atoms with Crippen molar-refractivity contribution >= 4 is 21.8 Å². The highest BCUT2D eigenvalue weighted by molar-refractivity contribution is 5.84. The van der Waals surface area contributed by atoms with E-state index in [0.717, 1.165) is 22.4 Å². The van der Waals surface area contributed by atoms with Crippen molar-refractivity contribution in [1.82, 2.24) is 9.97 Å². The molecule has 0 saturated carbocycles. The second kappa shape index (κ2) is 6.53. The van der Waals surface area contributed by atoms with Gasteiger partial charge in [-0.3, -0.25) is 0 Å². The van der Waals surface area contributed by atoms with Crippen molar-refractivity contribution in [3.05, 3.63) is 71.8 Å². The summed E-state index contributed by atoms with van der Waals surface area (Å²) >= 11 is 0. The van der Waals surface area contributed by atoms with Gasteiger partial charge in [0.1, 0.15) is 0 Å². The van der Waals surface area contributed by atoms with Crippen molar-refractivity contribution in [2.24, 2.45) is 0 Å². The van der Waals surface area contributed by atoms with Gasteiger partial charge in [0.05, 0.1) is 22.4 Å². The van der Waals surface area contributed by atoms with Gasteiger partial charge in [-0.05, 0) is 59.4 Å². The van der Waals surface area contributed by atoms with Gasteiger partial charge in [-0.15, -0.1) is 0 Å². The number of nitrogens with zero attached hydrogens (tertiary/aromatic N) is 2. The Hall–Kier alpha value is -2.74. The standard InChI is InChI=1S/C24H24N2/c1-15(2)17-5-9-21-19(13-17)7-11-23(25-21)24-12-8-20-14-18(16(3)4)6-10-22(20)26-24/h5-16H,1-4H3. The molecule has 2 aromatic heterocycles. The molecule has 0 fully saturated rings. The van der Waals surface area contributed by atoms with E-state index in [9.17, 15) is 0 Å². The summed E-state index contributed by atoms with van der Waals surface area (Å²) in [6.45, 7) is 8.86. The van der Waals surface area contributed by atoms with Gasteiger partial charge in [0.25, 0.3) is 0 Å². The third-order valence-corrected chi connectivity index (χ3v) is 5.02. The van der Waals surface area contributed by atoms with Crippen LogP contribution in [0.15, 0.2) is 60.7 Å². The minimum atomic E-state index is 0.525. The van der Waals surface area contributed by atoms with Crippen LogP contribution in [0.1, 0.15) is 50.7 Å². The molecule has 2 nitrogen and oxygen atoms in total. The highest BCUT2D eigenvalue weighted by Gasteiger charge is 2.07. The third-order valence-electron chi connectivity index (χ3n) is 5.02. The molecule has 0 radical (unpaired) electrons. The van der Waals surface area contributed by atoms with Crippen LogP contribution in [-0.2, 0) is 0 Å². The molecule has 0 unspecified atom stereocenters. The van der Waals surface area contributed by atoms with E-state index >= 15 is 0 Å². The van der Waals surface area contributed by atoms with Gasteiger partial charge in [0.15, 0.2) is 0 Å². The molecule has 0 aliphatic carbocycles. The Balaban J connectivity index is 1.76. The Labute approximate surface area is 154 Å². The second-order valence-electron chi connectivity index (χ2n) is 7.61. The highest BCUT2D eigenvalue weighted by atomic mass is 14.8. The first-order valence-electron chi connectivity index (χ1n) is 9.33. The molecule has 26 heavy (non-hydrogen) atoms. The SMILES string of the molecule is CC(C)c1ccc2nc(-c3ccc4cc(C(C)C)ccc4n3)ccc2c1. The molecular weight excluding hydrogens is 316 g/mol. The monoisotopic (exact) mass is 340 g/mol. The summed E-state index contributed by atoms with van der Waals surface area (Å²) in [5.74, 6) is 1.05. The summed E-state index contributed by atoms with van der Waals surface area (Å²) in [4.78, 5) is 9.67. The molecule has 0 amide bonds. The smallest absolute Gasteiger partial charge is 0.0894 e. The van der Waals surface area contributed by atoms with Crippen LogP contribution in [0.4, 0.5) is 0 Å². The van der Waals surface area contributed by atoms with Crippen LogP contribution in [0, 0.1) is 0 Å². The van der Waals surface area contributed by atoms with Gasteiger partial charge in [-0.1, -0.05) is 52.0 Å². The zero-order valence-electron chi connectivity index (χ0n) is 15.8. The topological polar surface area (TPSA) is 25.8 Å². The molecule has 4 rings (SSSR count). The lowest BCUT2D eigenvalue weighted by atomic mass is 10.0. The van der Waals surface area contributed by atoms with E-state index in [1.54, 1.807) is 0 Å². The number of fused-ring (bicyclic) bond motifs is 2. The van der Waals surface area contributed by atoms with E-state index in [1.807, 2.05) is 0 Å². The van der Waals surface area contributed by atoms with Gasteiger partial charge in [0.2, 0.25) is 0 Å². The van der Waals surface area contributed by atoms with E-state index in [0.29, 0.717) is 11.8 Å². The molecular formula is C24H24N2. The van der Waals surface area contributed by atoms with E-state index < -0.39 is 0 Å². The van der Waals surface area contributed by atoms with Crippen LogP contribution in [0.5, 0.6) is 0 Å². The lowest BCUT2D eigenvalue weighted by molar-refractivity contribution is 0.868. The van der Waals surface area contributed by atoms with Crippen molar-refractivity contribution in [3.8, 4) is 11.4 Å². The predicted molar refractivity (Wildman–Crippen MR) is 111 cm³/mol. The van der Waals surface area contributed by atoms with Crippen molar-refractivity contribution in [2.75, 3.05) is 0 Å². The van der Waals surface area contributed by atoms with Gasteiger partial charge in [-0.2, -0.15) is 0 Å². The molecule has 0 saturated heterocycles. The maximum Gasteiger partial charge on any atom is 0.0894 e. The third kappa shape index (κ3) is 3.08. The average Bonchev–Trinajstić information content (AvgIpc) is 2.66. The largest absolute Gasteiger partial charge is 0.246 e. The molecule has 2 heteroatoms. The number of pyridine rings is 2. The van der Waals surface area contributed by atoms with Gasteiger partial charge < -0.3 is 0 Å². The Kier molecular flexibility index (Phi) is 4.20. The first-order chi connectivity index (χ1) is 12.5. The fourth-order valence-electron chi connectivity index (χ4n) is 3.29. The van der Waals surface area contributed by atoms with Crippen LogP contribution in [-0.4, -0.2) is 9.97 Å². The van der Waals surface area contributed by atoms with Gasteiger partial charge >= 0.3 is 0 Å². The molecule has 0 aliphatic heterocycles. The molecule has 0 aliphatic rings. The number of hydrogen-bond donors (Lipinski definition) is 0. The molecule has 0 bridgehead atoms. The molecule has 0 spiro atoms. The summed E-state index contributed by atoms with van der Waals surface area (Å²) in [6.07, 6.45) is 0. The van der Waals surface area contributed by atoms with Crippen molar-refractivity contribution < 1.29 is 0 Å². The van der Waals surface area contributed by atoms with Crippen molar-refractivity contribution in [1.29, 1.82) is 0 Å². The second-order valence-corrected chi connectivity index (χ2v) is 7.61. The zero-order chi connectivity index (χ0) is 18.3. The maximum atomic E-state index is 4.84. The van der Waals surface area contributed by atoms with Crippen LogP contribution in [0.2, 0.25) is 0 Å². The summed E-state index contributed by atoms with van der Waals surface area (Å²) in [6, 6.07) is 21.5. The van der Waals surface area contributed by atoms with Crippen molar-refractivity contribution in [2.45, 2.75) is 39.5 Å². The molecule has 2 aromatic carbocycles. The number of rotatable bonds is 3. The predicted octanol–water partition coefficient (Wildman–Crippen LogP) is 6.70. The normalized spacial score (nSPS) is 11.8. The van der Waals surface area contributed by atoms with E-state index in [1.165, 1.54) is 21.9 Å². The maximum absolute atomic E-state index is 4.84. The molecule has 4 aromatic rings. The van der Waals surface area contributed by atoms with Crippen LogP contribution in [0.25, 0.3) is 33.2 Å². The van der Waals surface area contributed by atoms with E-state index in [-0.39, 0.29) is 0 Å². The summed E-state index contributed by atoms with van der Waals surface area (Å²) in [5.41, 5.74) is 6.57. The molecule has 2 heterocycles. The van der Waals surface area contributed by atoms with Gasteiger partial charge in [0, 0.05) is 10.8 Å². The van der Waals surface area contributed by atoms with Crippen LogP contribution < -0.4 is 0 Å². The number of hydrogen-bond acceptors (Lipinski definition) is 2. The number of aromatic nitrogens is 2. The zero-order valence-corrected chi connectivity index (χ0v) is 15.8. The highest BCUT2D eigenvalue weighted by Crippen LogP contribution is 2.26. The minimum Gasteiger partial charge on any atom is -0.246 e. The first kappa shape index (κ1) is 16.7.